The molecule has 0 saturated carbocycles. The van der Waals surface area contributed by atoms with Gasteiger partial charge in [-0.25, -0.2) is 4.98 Å². The van der Waals surface area contributed by atoms with E-state index in [2.05, 4.69) is 26.2 Å². The molecule has 0 spiro atoms. The van der Waals surface area contributed by atoms with Crippen LogP contribution in [0.25, 0.3) is 0 Å². The van der Waals surface area contributed by atoms with Crippen LogP contribution < -0.4 is 5.32 Å². The van der Waals surface area contributed by atoms with E-state index in [1.54, 1.807) is 12.5 Å². The molecular weight excluding hydrogens is 256 g/mol. The lowest BCUT2D eigenvalue weighted by Gasteiger charge is -2.07. The van der Waals surface area contributed by atoms with Gasteiger partial charge in [-0.15, -0.1) is 0 Å². The minimum atomic E-state index is 0.751. The second-order valence-corrected chi connectivity index (χ2v) is 4.06. The second kappa shape index (κ2) is 4.49. The molecular formula is C11H11BrN2O. The van der Waals surface area contributed by atoms with Crippen LogP contribution in [0, 0.1) is 6.92 Å². The molecule has 2 heterocycles. The van der Waals surface area contributed by atoms with Crippen molar-refractivity contribution in [3.05, 3.63) is 46.6 Å². The number of hydrogen-bond donors (Lipinski definition) is 1. The van der Waals surface area contributed by atoms with Crippen LogP contribution in [-0.2, 0) is 6.54 Å². The fraction of sp³-hybridized carbons (Fsp3) is 0.182. The van der Waals surface area contributed by atoms with Gasteiger partial charge in [-0.2, -0.15) is 0 Å². The molecule has 0 aliphatic carbocycles. The zero-order valence-corrected chi connectivity index (χ0v) is 9.91. The first kappa shape index (κ1) is 10.2. The van der Waals surface area contributed by atoms with Gasteiger partial charge in [0.2, 0.25) is 0 Å². The first-order valence-electron chi connectivity index (χ1n) is 4.64. The molecule has 4 heteroatoms. The Morgan fingerprint density at radius 1 is 1.40 bits per heavy atom. The third-order valence-electron chi connectivity index (χ3n) is 2.11. The molecule has 0 amide bonds. The predicted molar refractivity (Wildman–Crippen MR) is 62.7 cm³/mol. The molecule has 1 N–H and O–H groups in total. The van der Waals surface area contributed by atoms with Crippen molar-refractivity contribution < 1.29 is 4.42 Å². The van der Waals surface area contributed by atoms with Crippen molar-refractivity contribution in [2.45, 2.75) is 13.5 Å². The highest BCUT2D eigenvalue weighted by Gasteiger charge is 2.00. The zero-order chi connectivity index (χ0) is 10.7. The summed E-state index contributed by atoms with van der Waals surface area (Å²) in [6.45, 7) is 2.73. The molecule has 0 aliphatic rings. The van der Waals surface area contributed by atoms with Crippen LogP contribution in [0.5, 0.6) is 0 Å². The van der Waals surface area contributed by atoms with Crippen LogP contribution in [0.3, 0.4) is 0 Å². The van der Waals surface area contributed by atoms with E-state index in [-0.39, 0.29) is 0 Å². The first-order valence-corrected chi connectivity index (χ1v) is 5.43. The van der Waals surface area contributed by atoms with E-state index >= 15 is 0 Å². The molecule has 3 nitrogen and oxygen atoms in total. The van der Waals surface area contributed by atoms with Crippen molar-refractivity contribution in [1.82, 2.24) is 4.98 Å². The summed E-state index contributed by atoms with van der Waals surface area (Å²) in [5.74, 6) is 0. The number of furan rings is 1. The van der Waals surface area contributed by atoms with Crippen molar-refractivity contribution in [2.75, 3.05) is 5.32 Å². The number of pyridine rings is 1. The normalized spacial score (nSPS) is 10.3. The van der Waals surface area contributed by atoms with Crippen molar-refractivity contribution in [2.24, 2.45) is 0 Å². The number of anilines is 1. The van der Waals surface area contributed by atoms with Gasteiger partial charge < -0.3 is 9.73 Å². The molecule has 2 aromatic heterocycles. The zero-order valence-electron chi connectivity index (χ0n) is 8.33. The van der Waals surface area contributed by atoms with Gasteiger partial charge in [0.1, 0.15) is 4.60 Å². The molecule has 0 aliphatic heterocycles. The number of nitrogens with one attached hydrogen (secondary N) is 1. The van der Waals surface area contributed by atoms with Gasteiger partial charge in [-0.05, 0) is 41.1 Å². The van der Waals surface area contributed by atoms with Crippen molar-refractivity contribution in [3.8, 4) is 0 Å². The molecule has 0 saturated heterocycles. The third kappa shape index (κ3) is 2.59. The topological polar surface area (TPSA) is 38.1 Å². The highest BCUT2D eigenvalue weighted by atomic mass is 79.9. The Hall–Kier alpha value is -1.29. The van der Waals surface area contributed by atoms with E-state index in [0.29, 0.717) is 0 Å². The van der Waals surface area contributed by atoms with Gasteiger partial charge in [0.25, 0.3) is 0 Å². The molecule has 0 atom stereocenters. The maximum atomic E-state index is 4.99. The van der Waals surface area contributed by atoms with E-state index in [0.717, 1.165) is 28.1 Å². The monoisotopic (exact) mass is 266 g/mol. The highest BCUT2D eigenvalue weighted by molar-refractivity contribution is 9.10. The molecule has 0 fully saturated rings. The van der Waals surface area contributed by atoms with E-state index in [1.807, 2.05) is 25.1 Å². The van der Waals surface area contributed by atoms with Crippen LogP contribution in [-0.4, -0.2) is 4.98 Å². The highest BCUT2D eigenvalue weighted by Crippen LogP contribution is 2.16. The van der Waals surface area contributed by atoms with E-state index in [1.165, 1.54) is 0 Å². The fourth-order valence-electron chi connectivity index (χ4n) is 1.31. The van der Waals surface area contributed by atoms with Crippen LogP contribution in [0.4, 0.5) is 5.69 Å². The number of aromatic nitrogens is 1. The quantitative estimate of drug-likeness (QED) is 0.866. The number of halogens is 1. The summed E-state index contributed by atoms with van der Waals surface area (Å²) < 4.78 is 5.84. The van der Waals surface area contributed by atoms with Gasteiger partial charge in [-0.1, -0.05) is 0 Å². The third-order valence-corrected chi connectivity index (χ3v) is 2.56. The summed E-state index contributed by atoms with van der Waals surface area (Å²) in [6, 6.07) is 5.87. The van der Waals surface area contributed by atoms with Crippen LogP contribution >= 0.6 is 15.9 Å². The molecule has 2 rings (SSSR count). The lowest BCUT2D eigenvalue weighted by molar-refractivity contribution is 0.564. The molecule has 78 valence electrons. The van der Waals surface area contributed by atoms with Crippen LogP contribution in [0.15, 0.2) is 39.7 Å². The summed E-state index contributed by atoms with van der Waals surface area (Å²) in [7, 11) is 0. The van der Waals surface area contributed by atoms with Crippen LogP contribution in [0.1, 0.15) is 11.3 Å². The van der Waals surface area contributed by atoms with Gasteiger partial charge >= 0.3 is 0 Å². The molecule has 0 aromatic carbocycles. The van der Waals surface area contributed by atoms with Gasteiger partial charge in [0, 0.05) is 12.1 Å². The Labute approximate surface area is 96.6 Å². The summed E-state index contributed by atoms with van der Waals surface area (Å²) in [6.07, 6.45) is 3.40. The molecule has 0 bridgehead atoms. The van der Waals surface area contributed by atoms with Crippen molar-refractivity contribution in [3.63, 3.8) is 0 Å². The SMILES string of the molecule is Cc1nc(Br)ccc1NCc1ccoc1. The van der Waals surface area contributed by atoms with Gasteiger partial charge in [0.15, 0.2) is 0 Å². The number of aryl methyl sites for hydroxylation is 1. The minimum Gasteiger partial charge on any atom is -0.472 e. The predicted octanol–water partition coefficient (Wildman–Crippen LogP) is 3.36. The van der Waals surface area contributed by atoms with Crippen molar-refractivity contribution in [1.29, 1.82) is 0 Å². The average Bonchev–Trinajstić information content (AvgIpc) is 2.69. The number of rotatable bonds is 3. The molecule has 2 aromatic rings. The standard InChI is InChI=1S/C11H11BrN2O/c1-8-10(2-3-11(12)14-8)13-6-9-4-5-15-7-9/h2-5,7,13H,6H2,1H3. The Bertz CT molecular complexity index is 440. The summed E-state index contributed by atoms with van der Waals surface area (Å²) in [5.41, 5.74) is 3.14. The number of nitrogens with zero attached hydrogens (tertiary/aromatic N) is 1. The maximum Gasteiger partial charge on any atom is 0.106 e. The Morgan fingerprint density at radius 2 is 2.27 bits per heavy atom. The molecule has 15 heavy (non-hydrogen) atoms. The number of hydrogen-bond acceptors (Lipinski definition) is 3. The lowest BCUT2D eigenvalue weighted by Crippen LogP contribution is -2.01. The first-order chi connectivity index (χ1) is 7.25. The fourth-order valence-corrected chi connectivity index (χ4v) is 1.71. The van der Waals surface area contributed by atoms with Crippen LogP contribution in [0.2, 0.25) is 0 Å². The van der Waals surface area contributed by atoms with E-state index in [4.69, 9.17) is 4.42 Å². The summed E-state index contributed by atoms with van der Waals surface area (Å²) >= 11 is 3.33. The Morgan fingerprint density at radius 3 is 2.93 bits per heavy atom. The second-order valence-electron chi connectivity index (χ2n) is 3.25. The maximum absolute atomic E-state index is 4.99. The average molecular weight is 267 g/mol. The lowest BCUT2D eigenvalue weighted by atomic mass is 10.3. The minimum absolute atomic E-state index is 0.751. The van der Waals surface area contributed by atoms with Crippen molar-refractivity contribution >= 4 is 21.6 Å². The largest absolute Gasteiger partial charge is 0.472 e. The molecule has 0 unspecified atom stereocenters. The summed E-state index contributed by atoms with van der Waals surface area (Å²) in [4.78, 5) is 4.30. The van der Waals surface area contributed by atoms with Gasteiger partial charge in [0.05, 0.1) is 23.9 Å². The van der Waals surface area contributed by atoms with E-state index < -0.39 is 0 Å². The van der Waals surface area contributed by atoms with E-state index in [9.17, 15) is 0 Å². The smallest absolute Gasteiger partial charge is 0.106 e. The molecule has 0 radical (unpaired) electrons. The summed E-state index contributed by atoms with van der Waals surface area (Å²) in [5, 5.41) is 3.30. The van der Waals surface area contributed by atoms with Gasteiger partial charge in [-0.3, -0.25) is 0 Å². The Kier molecular flexibility index (Phi) is 3.06. The Balaban J connectivity index is 2.05.